The van der Waals surface area contributed by atoms with E-state index in [0.717, 1.165) is 19.4 Å². The summed E-state index contributed by atoms with van der Waals surface area (Å²) in [6.07, 6.45) is 2.89. The predicted molar refractivity (Wildman–Crippen MR) is 66.4 cm³/mol. The first kappa shape index (κ1) is 13.8. The maximum absolute atomic E-state index is 12.0. The van der Waals surface area contributed by atoms with Crippen molar-refractivity contribution < 1.29 is 19.0 Å². The van der Waals surface area contributed by atoms with Gasteiger partial charge in [0.15, 0.2) is 0 Å². The zero-order valence-corrected chi connectivity index (χ0v) is 11.1. The molecule has 0 aromatic rings. The molecule has 2 aliphatic heterocycles. The van der Waals surface area contributed by atoms with Crippen LogP contribution in [0.15, 0.2) is 0 Å². The van der Waals surface area contributed by atoms with Crippen molar-refractivity contribution in [2.75, 3.05) is 39.6 Å². The summed E-state index contributed by atoms with van der Waals surface area (Å²) in [5.74, 6) is 0.165. The van der Waals surface area contributed by atoms with E-state index in [2.05, 4.69) is 0 Å². The number of ether oxygens (including phenoxy) is 3. The summed E-state index contributed by atoms with van der Waals surface area (Å²) < 4.78 is 16.3. The Bertz CT molecular complexity index is 266. The van der Waals surface area contributed by atoms with E-state index < -0.39 is 0 Å². The maximum atomic E-state index is 12.0. The van der Waals surface area contributed by atoms with Crippen molar-refractivity contribution in [2.45, 2.75) is 38.3 Å². The third kappa shape index (κ3) is 3.93. The molecule has 2 unspecified atom stereocenters. The monoisotopic (exact) mass is 257 g/mol. The third-order valence-corrected chi connectivity index (χ3v) is 3.48. The minimum atomic E-state index is 0.165. The first-order valence-corrected chi connectivity index (χ1v) is 6.84. The summed E-state index contributed by atoms with van der Waals surface area (Å²) in [5, 5.41) is 0. The van der Waals surface area contributed by atoms with Crippen molar-refractivity contribution in [3.63, 3.8) is 0 Å². The van der Waals surface area contributed by atoms with Crippen LogP contribution >= 0.6 is 0 Å². The highest BCUT2D eigenvalue weighted by atomic mass is 16.5. The lowest BCUT2D eigenvalue weighted by Crippen LogP contribution is -2.47. The average Bonchev–Trinajstić information content (AvgIpc) is 2.88. The smallest absolute Gasteiger partial charge is 0.225 e. The van der Waals surface area contributed by atoms with Crippen LogP contribution in [0.25, 0.3) is 0 Å². The van der Waals surface area contributed by atoms with Crippen LogP contribution in [0.4, 0.5) is 0 Å². The molecule has 2 rings (SSSR count). The highest BCUT2D eigenvalue weighted by Crippen LogP contribution is 2.12. The van der Waals surface area contributed by atoms with Gasteiger partial charge in [-0.15, -0.1) is 0 Å². The van der Waals surface area contributed by atoms with Crippen LogP contribution in [0.2, 0.25) is 0 Å². The quantitative estimate of drug-likeness (QED) is 0.684. The van der Waals surface area contributed by atoms with E-state index >= 15 is 0 Å². The van der Waals surface area contributed by atoms with E-state index in [1.54, 1.807) is 0 Å². The van der Waals surface area contributed by atoms with Gasteiger partial charge in [-0.2, -0.15) is 0 Å². The second-order valence-electron chi connectivity index (χ2n) is 4.97. The first-order valence-electron chi connectivity index (χ1n) is 6.84. The molecule has 0 aliphatic carbocycles. The Morgan fingerprint density at radius 2 is 2.33 bits per heavy atom. The first-order chi connectivity index (χ1) is 8.77. The van der Waals surface area contributed by atoms with E-state index in [0.29, 0.717) is 39.4 Å². The molecule has 18 heavy (non-hydrogen) atoms. The van der Waals surface area contributed by atoms with Gasteiger partial charge in [-0.3, -0.25) is 4.79 Å². The number of nitrogens with zero attached hydrogens (tertiary/aromatic N) is 1. The van der Waals surface area contributed by atoms with Crippen LogP contribution in [0.5, 0.6) is 0 Å². The number of hydrogen-bond acceptors (Lipinski definition) is 4. The van der Waals surface area contributed by atoms with Gasteiger partial charge < -0.3 is 19.1 Å². The number of carbonyl (C=O) groups excluding carboxylic acids is 1. The fraction of sp³-hybridized carbons (Fsp3) is 0.923. The molecule has 0 aromatic carbocycles. The summed E-state index contributed by atoms with van der Waals surface area (Å²) in [6.45, 7) is 5.96. The minimum absolute atomic E-state index is 0.165. The van der Waals surface area contributed by atoms with Gasteiger partial charge in [0.1, 0.15) is 0 Å². The van der Waals surface area contributed by atoms with Gasteiger partial charge in [0, 0.05) is 13.2 Å². The summed E-state index contributed by atoms with van der Waals surface area (Å²) in [7, 11) is 0. The van der Waals surface area contributed by atoms with Crippen molar-refractivity contribution in [2.24, 2.45) is 0 Å². The minimum Gasteiger partial charge on any atom is -0.378 e. The van der Waals surface area contributed by atoms with Crippen LogP contribution in [-0.4, -0.2) is 62.5 Å². The average molecular weight is 257 g/mol. The summed E-state index contributed by atoms with van der Waals surface area (Å²) in [6, 6.07) is 0.185. The third-order valence-electron chi connectivity index (χ3n) is 3.48. The second-order valence-corrected chi connectivity index (χ2v) is 4.97. The van der Waals surface area contributed by atoms with Crippen LogP contribution in [0.3, 0.4) is 0 Å². The Hall–Kier alpha value is -0.650. The summed E-state index contributed by atoms with van der Waals surface area (Å²) in [5.41, 5.74) is 0. The molecule has 0 radical (unpaired) electrons. The van der Waals surface area contributed by atoms with Gasteiger partial charge in [-0.1, -0.05) is 0 Å². The normalized spacial score (nSPS) is 28.6. The fourth-order valence-corrected chi connectivity index (χ4v) is 2.39. The molecule has 0 N–H and O–H groups in total. The molecule has 0 bridgehead atoms. The number of hydrogen-bond donors (Lipinski definition) is 0. The van der Waals surface area contributed by atoms with E-state index in [9.17, 15) is 4.79 Å². The molecular weight excluding hydrogens is 234 g/mol. The number of carbonyl (C=O) groups is 1. The van der Waals surface area contributed by atoms with E-state index in [1.807, 2.05) is 11.8 Å². The Kier molecular flexibility index (Phi) is 5.41. The number of amides is 1. The molecule has 2 heterocycles. The van der Waals surface area contributed by atoms with Gasteiger partial charge in [-0.05, 0) is 19.8 Å². The maximum Gasteiger partial charge on any atom is 0.225 e. The Morgan fingerprint density at radius 3 is 3.06 bits per heavy atom. The SMILES string of the molecule is CC1COCCN1C(=O)CCOCC1CCCO1. The predicted octanol–water partition coefficient (Wildman–Crippen LogP) is 0.819. The Morgan fingerprint density at radius 1 is 1.44 bits per heavy atom. The van der Waals surface area contributed by atoms with E-state index in [1.165, 1.54) is 0 Å². The fourth-order valence-electron chi connectivity index (χ4n) is 2.39. The van der Waals surface area contributed by atoms with Crippen molar-refractivity contribution in [3.05, 3.63) is 0 Å². The molecule has 2 atom stereocenters. The van der Waals surface area contributed by atoms with Crippen molar-refractivity contribution >= 4 is 5.91 Å². The van der Waals surface area contributed by atoms with Gasteiger partial charge >= 0.3 is 0 Å². The molecule has 0 aromatic heterocycles. The van der Waals surface area contributed by atoms with Crippen LogP contribution < -0.4 is 0 Å². The standard InChI is InChI=1S/C13H23NO4/c1-11-9-17-8-5-14(11)13(15)4-7-16-10-12-3-2-6-18-12/h11-12H,2-10H2,1H3. The molecular formula is C13H23NO4. The number of morpholine rings is 1. The largest absolute Gasteiger partial charge is 0.378 e. The van der Waals surface area contributed by atoms with Gasteiger partial charge in [0.2, 0.25) is 5.91 Å². The second kappa shape index (κ2) is 7.07. The van der Waals surface area contributed by atoms with Gasteiger partial charge in [-0.25, -0.2) is 0 Å². The lowest BCUT2D eigenvalue weighted by Gasteiger charge is -2.33. The summed E-state index contributed by atoms with van der Waals surface area (Å²) >= 11 is 0. The highest BCUT2D eigenvalue weighted by Gasteiger charge is 2.23. The lowest BCUT2D eigenvalue weighted by atomic mass is 10.2. The molecule has 2 fully saturated rings. The molecule has 104 valence electrons. The molecule has 5 heteroatoms. The molecule has 2 aliphatic rings. The highest BCUT2D eigenvalue weighted by molar-refractivity contribution is 5.76. The molecule has 0 saturated carbocycles. The van der Waals surface area contributed by atoms with E-state index in [-0.39, 0.29) is 18.1 Å². The topological polar surface area (TPSA) is 48.0 Å². The summed E-state index contributed by atoms with van der Waals surface area (Å²) in [4.78, 5) is 13.9. The van der Waals surface area contributed by atoms with E-state index in [4.69, 9.17) is 14.2 Å². The Balaban J connectivity index is 1.58. The van der Waals surface area contributed by atoms with Gasteiger partial charge in [0.25, 0.3) is 0 Å². The number of rotatable bonds is 5. The molecule has 2 saturated heterocycles. The van der Waals surface area contributed by atoms with Crippen molar-refractivity contribution in [1.82, 2.24) is 4.90 Å². The lowest BCUT2D eigenvalue weighted by molar-refractivity contribution is -0.140. The molecule has 1 amide bonds. The van der Waals surface area contributed by atoms with Crippen LogP contribution in [-0.2, 0) is 19.0 Å². The zero-order valence-electron chi connectivity index (χ0n) is 11.1. The zero-order chi connectivity index (χ0) is 12.8. The van der Waals surface area contributed by atoms with Crippen molar-refractivity contribution in [1.29, 1.82) is 0 Å². The van der Waals surface area contributed by atoms with Crippen LogP contribution in [0, 0.1) is 0 Å². The Labute approximate surface area is 108 Å². The molecule has 0 spiro atoms. The van der Waals surface area contributed by atoms with Gasteiger partial charge in [0.05, 0.1) is 45.0 Å². The van der Waals surface area contributed by atoms with Crippen LogP contribution in [0.1, 0.15) is 26.2 Å². The van der Waals surface area contributed by atoms with Crippen molar-refractivity contribution in [3.8, 4) is 0 Å². The molecule has 5 nitrogen and oxygen atoms in total.